The fourth-order valence-corrected chi connectivity index (χ4v) is 5.35. The number of thiocarbonyl (C=S) groups is 1. The van der Waals surface area contributed by atoms with Crippen LogP contribution in [0.4, 0.5) is 0 Å². The molecule has 1 aromatic heterocycles. The Morgan fingerprint density at radius 2 is 1.82 bits per heavy atom. The predicted octanol–water partition coefficient (Wildman–Crippen LogP) is 3.91. The smallest absolute Gasteiger partial charge is 0.336 e. The minimum Gasteiger partial charge on any atom is -0.489 e. The van der Waals surface area contributed by atoms with E-state index in [1.54, 1.807) is 42.5 Å². The highest BCUT2D eigenvalue weighted by molar-refractivity contribution is 7.80. The number of aromatic nitrogens is 2. The molecule has 1 aliphatic rings. The van der Waals surface area contributed by atoms with E-state index in [0.717, 1.165) is 4.90 Å². The number of carbonyl (C=O) groups excluding carboxylic acids is 1. The van der Waals surface area contributed by atoms with E-state index in [4.69, 9.17) is 40.2 Å². The predicted molar refractivity (Wildman–Crippen MR) is 148 cm³/mol. The SMILES string of the molecule is CC(=O)N1CC(=S)C[C@@]1(C(=O)O)c1cncn1N[C@@H](Cc1ccc(OCc2c(Cl)cccc2Cl)cc1)C(=O)O. The van der Waals surface area contributed by atoms with Crippen molar-refractivity contribution in [3.63, 3.8) is 0 Å². The maximum absolute atomic E-state index is 12.5. The first-order chi connectivity index (χ1) is 18.5. The Kier molecular flexibility index (Phi) is 8.43. The minimum absolute atomic E-state index is 0.00160. The maximum atomic E-state index is 12.5. The molecule has 10 nitrogen and oxygen atoms in total. The lowest BCUT2D eigenvalue weighted by atomic mass is 9.92. The van der Waals surface area contributed by atoms with Crippen molar-refractivity contribution in [2.24, 2.45) is 0 Å². The maximum Gasteiger partial charge on any atom is 0.336 e. The number of imidazole rings is 1. The van der Waals surface area contributed by atoms with Gasteiger partial charge in [-0.15, -0.1) is 0 Å². The summed E-state index contributed by atoms with van der Waals surface area (Å²) < 4.78 is 7.02. The van der Waals surface area contributed by atoms with Crippen molar-refractivity contribution >= 4 is 58.1 Å². The molecule has 2 heterocycles. The molecular formula is C26H24Cl2N4O6S. The summed E-state index contributed by atoms with van der Waals surface area (Å²) in [5.74, 6) is -2.39. The minimum atomic E-state index is -1.81. The Morgan fingerprint density at radius 1 is 1.15 bits per heavy atom. The van der Waals surface area contributed by atoms with Crippen molar-refractivity contribution in [3.8, 4) is 5.75 Å². The average molecular weight is 591 g/mol. The molecule has 3 N–H and O–H groups in total. The number of carboxylic acid groups (broad SMARTS) is 2. The van der Waals surface area contributed by atoms with Crippen LogP contribution in [0.5, 0.6) is 5.75 Å². The molecule has 2 atom stereocenters. The summed E-state index contributed by atoms with van der Waals surface area (Å²) in [6, 6.07) is 10.9. The van der Waals surface area contributed by atoms with Gasteiger partial charge in [0, 0.05) is 40.2 Å². The number of amides is 1. The molecule has 0 radical (unpaired) electrons. The first kappa shape index (κ1) is 28.3. The lowest BCUT2D eigenvalue weighted by Gasteiger charge is -2.34. The van der Waals surface area contributed by atoms with E-state index in [0.29, 0.717) is 31.8 Å². The van der Waals surface area contributed by atoms with Crippen molar-refractivity contribution in [2.45, 2.75) is 38.0 Å². The van der Waals surface area contributed by atoms with Gasteiger partial charge in [0.15, 0.2) is 5.54 Å². The molecular weight excluding hydrogens is 567 g/mol. The summed E-state index contributed by atoms with van der Waals surface area (Å²) in [5, 5.41) is 21.1. The van der Waals surface area contributed by atoms with E-state index in [-0.39, 0.29) is 31.7 Å². The van der Waals surface area contributed by atoms with Crippen LogP contribution >= 0.6 is 35.4 Å². The molecule has 2 aromatic carbocycles. The van der Waals surface area contributed by atoms with Crippen LogP contribution in [-0.2, 0) is 33.0 Å². The van der Waals surface area contributed by atoms with Gasteiger partial charge in [0.05, 0.1) is 18.4 Å². The Balaban J connectivity index is 1.51. The number of likely N-dealkylation sites (tertiary alicyclic amines) is 1. The monoisotopic (exact) mass is 590 g/mol. The van der Waals surface area contributed by atoms with Crippen LogP contribution in [0.3, 0.4) is 0 Å². The lowest BCUT2D eigenvalue weighted by Crippen LogP contribution is -2.52. The zero-order valence-electron chi connectivity index (χ0n) is 20.6. The Labute approximate surface area is 239 Å². The van der Waals surface area contributed by atoms with Crippen LogP contribution in [-0.4, -0.2) is 60.1 Å². The zero-order valence-corrected chi connectivity index (χ0v) is 23.0. The number of nitrogens with zero attached hydrogens (tertiary/aromatic N) is 3. The third kappa shape index (κ3) is 5.85. The van der Waals surface area contributed by atoms with E-state index < -0.39 is 29.4 Å². The van der Waals surface area contributed by atoms with Crippen molar-refractivity contribution in [1.29, 1.82) is 0 Å². The topological polar surface area (TPSA) is 134 Å². The number of benzene rings is 2. The highest BCUT2D eigenvalue weighted by Crippen LogP contribution is 2.38. The van der Waals surface area contributed by atoms with Crippen LogP contribution in [0.25, 0.3) is 0 Å². The number of hydrogen-bond acceptors (Lipinski definition) is 7. The van der Waals surface area contributed by atoms with Gasteiger partial charge >= 0.3 is 11.9 Å². The zero-order chi connectivity index (χ0) is 28.3. The largest absolute Gasteiger partial charge is 0.489 e. The number of hydrogen-bond donors (Lipinski definition) is 3. The number of ether oxygens (including phenoxy) is 1. The van der Waals surface area contributed by atoms with Crippen LogP contribution in [0.1, 0.15) is 30.2 Å². The van der Waals surface area contributed by atoms with E-state index in [1.807, 2.05) is 0 Å². The summed E-state index contributed by atoms with van der Waals surface area (Å²) in [4.78, 5) is 42.5. The molecule has 1 fully saturated rings. The van der Waals surface area contributed by atoms with E-state index >= 15 is 0 Å². The third-order valence-corrected chi connectivity index (χ3v) is 7.43. The van der Waals surface area contributed by atoms with Gasteiger partial charge in [-0.1, -0.05) is 53.6 Å². The van der Waals surface area contributed by atoms with E-state index in [1.165, 1.54) is 24.1 Å². The van der Waals surface area contributed by atoms with Crippen LogP contribution in [0.15, 0.2) is 55.0 Å². The van der Waals surface area contributed by atoms with Crippen molar-refractivity contribution in [2.75, 3.05) is 12.0 Å². The molecule has 1 amide bonds. The molecule has 0 bridgehead atoms. The van der Waals surface area contributed by atoms with Gasteiger partial charge in [-0.25, -0.2) is 19.2 Å². The number of aliphatic carboxylic acids is 2. The normalized spacial score (nSPS) is 17.6. The fraction of sp³-hybridized carbons (Fsp3) is 0.269. The number of nitrogens with one attached hydrogen (secondary N) is 1. The molecule has 0 saturated carbocycles. The van der Waals surface area contributed by atoms with Gasteiger partial charge in [-0.05, 0) is 29.8 Å². The van der Waals surface area contributed by atoms with E-state index in [2.05, 4.69) is 10.4 Å². The quantitative estimate of drug-likeness (QED) is 0.300. The van der Waals surface area contributed by atoms with Gasteiger partial charge in [0.25, 0.3) is 0 Å². The summed E-state index contributed by atoms with van der Waals surface area (Å²) in [7, 11) is 0. The van der Waals surface area contributed by atoms with Crippen LogP contribution in [0, 0.1) is 0 Å². The first-order valence-corrected chi connectivity index (χ1v) is 12.9. The molecule has 39 heavy (non-hydrogen) atoms. The van der Waals surface area contributed by atoms with E-state index in [9.17, 15) is 24.6 Å². The van der Waals surface area contributed by atoms with Crippen molar-refractivity contribution in [3.05, 3.63) is 81.9 Å². The molecule has 0 aliphatic carbocycles. The third-order valence-electron chi connectivity index (χ3n) is 6.45. The molecule has 1 aliphatic heterocycles. The fourth-order valence-electron chi connectivity index (χ4n) is 4.50. The van der Waals surface area contributed by atoms with Crippen molar-refractivity contribution < 1.29 is 29.3 Å². The number of rotatable bonds is 10. The molecule has 4 rings (SSSR count). The second-order valence-corrected chi connectivity index (χ2v) is 10.4. The second kappa shape index (κ2) is 11.6. The molecule has 204 valence electrons. The standard InChI is InChI=1S/C26H24Cl2N4O6S/c1-15(33)31-12-18(39)10-26(31,25(36)37)23-11-29-14-32(23)30-22(24(34)35)9-16-5-7-17(8-6-16)38-13-19-20(27)3-2-4-21(19)28/h2-8,11,14,22,30H,9-10,12-13H2,1H3,(H,34,35)(H,36,37)/t22-,26-/m0/s1. The van der Waals surface area contributed by atoms with Gasteiger partial charge in [0.2, 0.25) is 5.91 Å². The molecule has 3 aromatic rings. The number of halogens is 2. The lowest BCUT2D eigenvalue weighted by molar-refractivity contribution is -0.157. The van der Waals surface area contributed by atoms with Gasteiger partial charge in [-0.2, -0.15) is 0 Å². The number of carbonyl (C=O) groups is 3. The molecule has 13 heteroatoms. The van der Waals surface area contributed by atoms with Crippen LogP contribution < -0.4 is 10.2 Å². The van der Waals surface area contributed by atoms with Crippen LogP contribution in [0.2, 0.25) is 10.0 Å². The number of carboxylic acids is 2. The Hall–Kier alpha value is -3.67. The highest BCUT2D eigenvalue weighted by Gasteiger charge is 2.55. The molecule has 0 unspecified atom stereocenters. The summed E-state index contributed by atoms with van der Waals surface area (Å²) in [6.07, 6.45) is 2.52. The van der Waals surface area contributed by atoms with Gasteiger partial charge in [0.1, 0.15) is 24.7 Å². The summed E-state index contributed by atoms with van der Waals surface area (Å²) >= 11 is 17.6. The van der Waals surface area contributed by atoms with Gasteiger partial charge in [-0.3, -0.25) is 4.79 Å². The van der Waals surface area contributed by atoms with Gasteiger partial charge < -0.3 is 25.3 Å². The summed E-state index contributed by atoms with van der Waals surface area (Å²) in [6.45, 7) is 1.42. The molecule has 1 saturated heterocycles. The average Bonchev–Trinajstić information content (AvgIpc) is 3.49. The highest BCUT2D eigenvalue weighted by atomic mass is 35.5. The molecule has 0 spiro atoms. The second-order valence-electron chi connectivity index (χ2n) is 8.99. The Morgan fingerprint density at radius 3 is 2.41 bits per heavy atom. The summed E-state index contributed by atoms with van der Waals surface area (Å²) in [5.41, 5.74) is 2.45. The van der Waals surface area contributed by atoms with Crippen molar-refractivity contribution in [1.82, 2.24) is 14.6 Å². The Bertz CT molecular complexity index is 1410. The first-order valence-electron chi connectivity index (χ1n) is 11.7.